The molecular weight excluding hydrogens is 330 g/mol. The number of aryl methyl sites for hydroxylation is 1. The van der Waals surface area contributed by atoms with E-state index in [0.717, 1.165) is 42.1 Å². The molecule has 0 radical (unpaired) electrons. The first kappa shape index (κ1) is 19.9. The van der Waals surface area contributed by atoms with E-state index >= 15 is 0 Å². The molecule has 2 rings (SSSR count). The highest BCUT2D eigenvalue weighted by molar-refractivity contribution is 6.03. The fourth-order valence-corrected chi connectivity index (χ4v) is 2.61. The molecule has 2 heterocycles. The number of imidazole rings is 1. The Morgan fingerprint density at radius 3 is 2.85 bits per heavy atom. The van der Waals surface area contributed by atoms with Crippen LogP contribution in [-0.4, -0.2) is 39.1 Å². The number of rotatable bonds is 8. The van der Waals surface area contributed by atoms with E-state index in [-0.39, 0.29) is 5.91 Å². The molecule has 0 fully saturated rings. The van der Waals surface area contributed by atoms with Gasteiger partial charge < -0.3 is 9.72 Å². The van der Waals surface area contributed by atoms with Gasteiger partial charge in [-0.25, -0.2) is 15.0 Å². The van der Waals surface area contributed by atoms with Gasteiger partial charge in [-0.3, -0.25) is 4.79 Å². The third-order valence-corrected chi connectivity index (χ3v) is 4.11. The van der Waals surface area contributed by atoms with E-state index in [4.69, 9.17) is 4.74 Å². The zero-order chi connectivity index (χ0) is 18.9. The van der Waals surface area contributed by atoms with Crippen LogP contribution in [0.2, 0.25) is 0 Å². The molecule has 1 amide bonds. The first-order valence-corrected chi connectivity index (χ1v) is 9.34. The SMILES string of the molecule is CCCO/C(C)=N/C=C(\CC)C1=NN(Cc2cnc(CC)[nH]2)C(=O)CC1. The molecule has 0 saturated heterocycles. The van der Waals surface area contributed by atoms with Crippen molar-refractivity contribution < 1.29 is 9.53 Å². The van der Waals surface area contributed by atoms with Gasteiger partial charge in [0.15, 0.2) is 5.90 Å². The van der Waals surface area contributed by atoms with Crippen LogP contribution in [-0.2, 0) is 22.5 Å². The first-order chi connectivity index (χ1) is 12.6. The maximum absolute atomic E-state index is 12.2. The molecule has 26 heavy (non-hydrogen) atoms. The number of aromatic nitrogens is 2. The van der Waals surface area contributed by atoms with Crippen LogP contribution in [0.15, 0.2) is 28.1 Å². The Bertz CT molecular complexity index is 703. The quantitative estimate of drug-likeness (QED) is 0.569. The number of hydrogen-bond acceptors (Lipinski definition) is 5. The summed E-state index contributed by atoms with van der Waals surface area (Å²) in [6.45, 7) is 9.09. The molecule has 0 aliphatic carbocycles. The summed E-state index contributed by atoms with van der Waals surface area (Å²) in [4.78, 5) is 24.1. The third-order valence-electron chi connectivity index (χ3n) is 4.11. The maximum Gasteiger partial charge on any atom is 0.243 e. The van der Waals surface area contributed by atoms with Crippen molar-refractivity contribution in [2.75, 3.05) is 6.61 Å². The van der Waals surface area contributed by atoms with Crippen molar-refractivity contribution in [1.29, 1.82) is 0 Å². The van der Waals surface area contributed by atoms with Crippen LogP contribution in [0.5, 0.6) is 0 Å². The lowest BCUT2D eigenvalue weighted by molar-refractivity contribution is -0.132. The van der Waals surface area contributed by atoms with Crippen LogP contribution in [0.3, 0.4) is 0 Å². The molecule has 0 atom stereocenters. The molecule has 7 nitrogen and oxygen atoms in total. The number of H-pyrrole nitrogens is 1. The Balaban J connectivity index is 2.14. The molecule has 0 unspecified atom stereocenters. The molecule has 1 aliphatic rings. The summed E-state index contributed by atoms with van der Waals surface area (Å²) in [6, 6.07) is 0. The lowest BCUT2D eigenvalue weighted by atomic mass is 10.0. The number of carbonyl (C=O) groups excluding carboxylic acids is 1. The van der Waals surface area contributed by atoms with Crippen LogP contribution < -0.4 is 0 Å². The van der Waals surface area contributed by atoms with E-state index in [1.54, 1.807) is 6.20 Å². The fourth-order valence-electron chi connectivity index (χ4n) is 2.61. The van der Waals surface area contributed by atoms with Gasteiger partial charge in [-0.05, 0) is 18.4 Å². The van der Waals surface area contributed by atoms with Crippen molar-refractivity contribution >= 4 is 17.5 Å². The average Bonchev–Trinajstić information content (AvgIpc) is 3.10. The average molecular weight is 359 g/mol. The first-order valence-electron chi connectivity index (χ1n) is 9.34. The fraction of sp³-hybridized carbons (Fsp3) is 0.579. The van der Waals surface area contributed by atoms with Crippen molar-refractivity contribution in [3.8, 4) is 0 Å². The minimum Gasteiger partial charge on any atom is -0.481 e. The van der Waals surface area contributed by atoms with Gasteiger partial charge in [0.05, 0.1) is 30.8 Å². The summed E-state index contributed by atoms with van der Waals surface area (Å²) >= 11 is 0. The second-order valence-electron chi connectivity index (χ2n) is 6.21. The summed E-state index contributed by atoms with van der Waals surface area (Å²) in [5.41, 5.74) is 2.83. The molecule has 1 aliphatic heterocycles. The number of allylic oxidation sites excluding steroid dienone is 1. The molecule has 7 heteroatoms. The topological polar surface area (TPSA) is 82.9 Å². The number of hydrazone groups is 1. The number of ether oxygens (including phenoxy) is 1. The molecule has 0 spiro atoms. The van der Waals surface area contributed by atoms with Gasteiger partial charge in [0.1, 0.15) is 5.82 Å². The van der Waals surface area contributed by atoms with Gasteiger partial charge >= 0.3 is 0 Å². The molecule has 142 valence electrons. The Labute approximate surface area is 155 Å². The molecule has 0 aromatic carbocycles. The standard InChI is InChI=1S/C19H29N5O2/c1-5-10-26-14(4)20-11-15(6-2)17-8-9-19(25)24(23-17)13-16-12-21-18(7-3)22-16/h11-12H,5-10,13H2,1-4H3,(H,21,22)/b15-11+,20-14+. The monoisotopic (exact) mass is 359 g/mol. The third kappa shape index (κ3) is 5.54. The molecular formula is C19H29N5O2. The normalized spacial score (nSPS) is 16.1. The van der Waals surface area contributed by atoms with E-state index in [0.29, 0.717) is 31.9 Å². The molecule has 1 aromatic rings. The van der Waals surface area contributed by atoms with Gasteiger partial charge in [0.2, 0.25) is 5.91 Å². The van der Waals surface area contributed by atoms with Crippen molar-refractivity contribution in [3.63, 3.8) is 0 Å². The van der Waals surface area contributed by atoms with Gasteiger partial charge in [-0.15, -0.1) is 0 Å². The Kier molecular flexibility index (Phi) is 7.56. The summed E-state index contributed by atoms with van der Waals surface area (Å²) < 4.78 is 5.49. The van der Waals surface area contributed by atoms with E-state index < -0.39 is 0 Å². The molecule has 0 saturated carbocycles. The number of nitrogens with zero attached hydrogens (tertiary/aromatic N) is 4. The van der Waals surface area contributed by atoms with Gasteiger partial charge in [0, 0.05) is 32.4 Å². The zero-order valence-electron chi connectivity index (χ0n) is 16.2. The van der Waals surface area contributed by atoms with Crippen molar-refractivity contribution in [2.24, 2.45) is 10.1 Å². The minimum atomic E-state index is 0.0304. The molecule has 0 bridgehead atoms. The van der Waals surface area contributed by atoms with Crippen molar-refractivity contribution in [2.45, 2.75) is 66.3 Å². The lowest BCUT2D eigenvalue weighted by Gasteiger charge is -2.23. The van der Waals surface area contributed by atoms with Crippen molar-refractivity contribution in [1.82, 2.24) is 15.0 Å². The number of nitrogens with one attached hydrogen (secondary N) is 1. The number of carbonyl (C=O) groups is 1. The van der Waals surface area contributed by atoms with Crippen LogP contribution in [0.1, 0.15) is 64.9 Å². The molecule has 1 aromatic heterocycles. The van der Waals surface area contributed by atoms with E-state index in [1.807, 2.05) is 20.0 Å². The number of aliphatic imine (C=N–C) groups is 1. The number of hydrogen-bond donors (Lipinski definition) is 1. The highest BCUT2D eigenvalue weighted by Gasteiger charge is 2.22. The highest BCUT2D eigenvalue weighted by Crippen LogP contribution is 2.18. The van der Waals surface area contributed by atoms with Crippen LogP contribution >= 0.6 is 0 Å². The lowest BCUT2D eigenvalue weighted by Crippen LogP contribution is -2.32. The van der Waals surface area contributed by atoms with Crippen molar-refractivity contribution in [3.05, 3.63) is 29.5 Å². The Hall–Kier alpha value is -2.44. The molecule has 1 N–H and O–H groups in total. The van der Waals surface area contributed by atoms with Gasteiger partial charge in [-0.2, -0.15) is 5.10 Å². The van der Waals surface area contributed by atoms with Crippen LogP contribution in [0.25, 0.3) is 0 Å². The zero-order valence-corrected chi connectivity index (χ0v) is 16.2. The second-order valence-corrected chi connectivity index (χ2v) is 6.21. The Morgan fingerprint density at radius 2 is 2.19 bits per heavy atom. The van der Waals surface area contributed by atoms with E-state index in [2.05, 4.69) is 33.9 Å². The number of amides is 1. The van der Waals surface area contributed by atoms with Gasteiger partial charge in [-0.1, -0.05) is 20.8 Å². The van der Waals surface area contributed by atoms with Crippen LogP contribution in [0, 0.1) is 0 Å². The van der Waals surface area contributed by atoms with Gasteiger partial charge in [0.25, 0.3) is 0 Å². The summed E-state index contributed by atoms with van der Waals surface area (Å²) in [5.74, 6) is 1.59. The smallest absolute Gasteiger partial charge is 0.243 e. The highest BCUT2D eigenvalue weighted by atomic mass is 16.5. The minimum absolute atomic E-state index is 0.0304. The summed E-state index contributed by atoms with van der Waals surface area (Å²) in [7, 11) is 0. The van der Waals surface area contributed by atoms with Crippen LogP contribution in [0.4, 0.5) is 0 Å². The predicted octanol–water partition coefficient (Wildman–Crippen LogP) is 3.59. The van der Waals surface area contributed by atoms with E-state index in [1.165, 1.54) is 5.01 Å². The maximum atomic E-state index is 12.2. The Morgan fingerprint density at radius 1 is 1.38 bits per heavy atom. The number of aromatic amines is 1. The predicted molar refractivity (Wildman–Crippen MR) is 103 cm³/mol. The largest absolute Gasteiger partial charge is 0.481 e. The summed E-state index contributed by atoms with van der Waals surface area (Å²) in [6.07, 6.45) is 7.27. The van der Waals surface area contributed by atoms with E-state index in [9.17, 15) is 4.79 Å². The second kappa shape index (κ2) is 9.89. The summed E-state index contributed by atoms with van der Waals surface area (Å²) in [5, 5.41) is 6.11.